The van der Waals surface area contributed by atoms with Crippen LogP contribution in [0.5, 0.6) is 5.75 Å². The summed E-state index contributed by atoms with van der Waals surface area (Å²) in [4.78, 5) is 16.9. The van der Waals surface area contributed by atoms with E-state index in [-0.39, 0.29) is 17.7 Å². The number of likely N-dealkylation sites (tertiary alicyclic amines) is 1. The number of hydrogen-bond donors (Lipinski definition) is 1. The lowest BCUT2D eigenvalue weighted by Gasteiger charge is -2.36. The van der Waals surface area contributed by atoms with Gasteiger partial charge in [0.1, 0.15) is 5.75 Å². The van der Waals surface area contributed by atoms with E-state index in [0.29, 0.717) is 5.56 Å². The normalized spacial score (nSPS) is 16.1. The van der Waals surface area contributed by atoms with Crippen LogP contribution in [0.2, 0.25) is 0 Å². The Morgan fingerprint density at radius 3 is 2.72 bits per heavy atom. The van der Waals surface area contributed by atoms with Crippen molar-refractivity contribution in [3.63, 3.8) is 0 Å². The summed E-state index contributed by atoms with van der Waals surface area (Å²) in [6.07, 6.45) is 5.73. The lowest BCUT2D eigenvalue weighted by atomic mass is 10.0. The van der Waals surface area contributed by atoms with Crippen molar-refractivity contribution in [3.8, 4) is 5.75 Å². The van der Waals surface area contributed by atoms with E-state index in [1.165, 1.54) is 0 Å². The van der Waals surface area contributed by atoms with E-state index in [4.69, 9.17) is 0 Å². The summed E-state index contributed by atoms with van der Waals surface area (Å²) in [7, 11) is 1.86. The largest absolute Gasteiger partial charge is 0.508 e. The first-order valence-corrected chi connectivity index (χ1v) is 8.81. The lowest BCUT2D eigenvalue weighted by Crippen LogP contribution is -2.46. The Morgan fingerprint density at radius 2 is 2.08 bits per heavy atom. The molecule has 2 aromatic rings. The molecule has 25 heavy (non-hydrogen) atoms. The van der Waals surface area contributed by atoms with Crippen LogP contribution in [0.3, 0.4) is 0 Å². The zero-order valence-electron chi connectivity index (χ0n) is 14.9. The maximum atomic E-state index is 12.7. The van der Waals surface area contributed by atoms with Gasteiger partial charge in [0.2, 0.25) is 0 Å². The molecule has 134 valence electrons. The predicted molar refractivity (Wildman–Crippen MR) is 96.6 cm³/mol. The van der Waals surface area contributed by atoms with Gasteiger partial charge in [0, 0.05) is 50.7 Å². The van der Waals surface area contributed by atoms with Gasteiger partial charge in [0.15, 0.2) is 0 Å². The standard InChI is InChI=1S/C19H26N4O2/c1-15-4-5-16(14-18(15)24)19(25)21(2)17-6-10-22(11-7-17)12-13-23-9-3-8-20-23/h3-5,8-9,14,17,24H,6-7,10-13H2,1-2H3. The van der Waals surface area contributed by atoms with Crippen molar-refractivity contribution in [2.24, 2.45) is 0 Å². The van der Waals surface area contributed by atoms with Gasteiger partial charge in [-0.3, -0.25) is 9.48 Å². The van der Waals surface area contributed by atoms with Crippen LogP contribution < -0.4 is 0 Å². The highest BCUT2D eigenvalue weighted by atomic mass is 16.3. The second-order valence-corrected chi connectivity index (χ2v) is 6.76. The summed E-state index contributed by atoms with van der Waals surface area (Å²) in [5, 5.41) is 14.1. The van der Waals surface area contributed by atoms with E-state index in [1.807, 2.05) is 35.8 Å². The zero-order valence-corrected chi connectivity index (χ0v) is 14.9. The number of aromatic nitrogens is 2. The third kappa shape index (κ3) is 4.20. The zero-order chi connectivity index (χ0) is 17.8. The molecule has 1 aromatic carbocycles. The number of phenols is 1. The minimum absolute atomic E-state index is 0.0229. The molecule has 0 atom stereocenters. The summed E-state index contributed by atoms with van der Waals surface area (Å²) < 4.78 is 1.95. The molecule has 6 nitrogen and oxygen atoms in total. The molecular formula is C19H26N4O2. The van der Waals surface area contributed by atoms with Gasteiger partial charge in [-0.15, -0.1) is 0 Å². The number of carbonyl (C=O) groups is 1. The molecular weight excluding hydrogens is 316 g/mol. The fraction of sp³-hybridized carbons (Fsp3) is 0.474. The average molecular weight is 342 g/mol. The number of aromatic hydroxyl groups is 1. The Hall–Kier alpha value is -2.34. The van der Waals surface area contributed by atoms with Crippen LogP contribution in [0.4, 0.5) is 0 Å². The van der Waals surface area contributed by atoms with E-state index in [2.05, 4.69) is 10.00 Å². The number of aryl methyl sites for hydroxylation is 1. The molecule has 1 saturated heterocycles. The summed E-state index contributed by atoms with van der Waals surface area (Å²) in [6, 6.07) is 7.32. The number of hydrogen-bond acceptors (Lipinski definition) is 4. The molecule has 3 rings (SSSR count). The van der Waals surface area contributed by atoms with Crippen LogP contribution in [-0.2, 0) is 6.54 Å². The fourth-order valence-electron chi connectivity index (χ4n) is 3.32. The highest BCUT2D eigenvalue weighted by molar-refractivity contribution is 5.94. The molecule has 1 amide bonds. The number of piperidine rings is 1. The molecule has 0 bridgehead atoms. The predicted octanol–water partition coefficient (Wildman–Crippen LogP) is 2.13. The van der Waals surface area contributed by atoms with Gasteiger partial charge in [0.25, 0.3) is 5.91 Å². The van der Waals surface area contributed by atoms with E-state index < -0.39 is 0 Å². The minimum Gasteiger partial charge on any atom is -0.508 e. The molecule has 1 N–H and O–H groups in total. The highest BCUT2D eigenvalue weighted by Gasteiger charge is 2.26. The minimum atomic E-state index is -0.0229. The lowest BCUT2D eigenvalue weighted by molar-refractivity contribution is 0.0639. The summed E-state index contributed by atoms with van der Waals surface area (Å²) in [5.41, 5.74) is 1.33. The summed E-state index contributed by atoms with van der Waals surface area (Å²) >= 11 is 0. The van der Waals surface area contributed by atoms with Crippen molar-refractivity contribution < 1.29 is 9.90 Å². The van der Waals surface area contributed by atoms with Gasteiger partial charge in [-0.2, -0.15) is 5.10 Å². The van der Waals surface area contributed by atoms with Crippen molar-refractivity contribution in [2.45, 2.75) is 32.4 Å². The second-order valence-electron chi connectivity index (χ2n) is 6.76. The third-order valence-corrected chi connectivity index (χ3v) is 5.09. The highest BCUT2D eigenvalue weighted by Crippen LogP contribution is 2.21. The molecule has 0 spiro atoms. The molecule has 0 radical (unpaired) electrons. The first-order chi connectivity index (χ1) is 12.0. The smallest absolute Gasteiger partial charge is 0.253 e. The van der Waals surface area contributed by atoms with Gasteiger partial charge in [-0.25, -0.2) is 0 Å². The molecule has 0 aliphatic carbocycles. The number of nitrogens with zero attached hydrogens (tertiary/aromatic N) is 4. The molecule has 0 unspecified atom stereocenters. The SMILES string of the molecule is Cc1ccc(C(=O)N(C)C2CCN(CCn3cccn3)CC2)cc1O. The first-order valence-electron chi connectivity index (χ1n) is 8.81. The van der Waals surface area contributed by atoms with Gasteiger partial charge in [-0.1, -0.05) is 6.07 Å². The maximum absolute atomic E-state index is 12.7. The first kappa shape index (κ1) is 17.5. The van der Waals surface area contributed by atoms with Crippen molar-refractivity contribution in [1.82, 2.24) is 19.6 Å². The van der Waals surface area contributed by atoms with Crippen molar-refractivity contribution in [2.75, 3.05) is 26.7 Å². The number of benzene rings is 1. The number of carbonyl (C=O) groups excluding carboxylic acids is 1. The molecule has 1 aliphatic rings. The fourth-order valence-corrected chi connectivity index (χ4v) is 3.32. The topological polar surface area (TPSA) is 61.6 Å². The molecule has 6 heteroatoms. The van der Waals surface area contributed by atoms with Crippen LogP contribution >= 0.6 is 0 Å². The van der Waals surface area contributed by atoms with Crippen LogP contribution in [0.15, 0.2) is 36.7 Å². The van der Waals surface area contributed by atoms with Crippen LogP contribution in [0, 0.1) is 6.92 Å². The van der Waals surface area contributed by atoms with Gasteiger partial charge in [0.05, 0.1) is 6.54 Å². The number of amides is 1. The van der Waals surface area contributed by atoms with E-state index in [1.54, 1.807) is 24.4 Å². The van der Waals surface area contributed by atoms with Crippen LogP contribution in [0.1, 0.15) is 28.8 Å². The Balaban J connectivity index is 1.51. The van der Waals surface area contributed by atoms with Crippen molar-refractivity contribution in [1.29, 1.82) is 0 Å². The Morgan fingerprint density at radius 1 is 1.32 bits per heavy atom. The molecule has 1 fully saturated rings. The third-order valence-electron chi connectivity index (χ3n) is 5.09. The summed E-state index contributed by atoms with van der Waals surface area (Å²) in [6.45, 7) is 5.69. The van der Waals surface area contributed by atoms with E-state index in [9.17, 15) is 9.90 Å². The van der Waals surface area contributed by atoms with E-state index in [0.717, 1.165) is 44.6 Å². The quantitative estimate of drug-likeness (QED) is 0.904. The van der Waals surface area contributed by atoms with Crippen LogP contribution in [-0.4, -0.2) is 63.3 Å². The van der Waals surface area contributed by atoms with Crippen molar-refractivity contribution >= 4 is 5.91 Å². The maximum Gasteiger partial charge on any atom is 0.253 e. The van der Waals surface area contributed by atoms with Gasteiger partial charge in [-0.05, 0) is 43.5 Å². The van der Waals surface area contributed by atoms with Crippen molar-refractivity contribution in [3.05, 3.63) is 47.8 Å². The van der Waals surface area contributed by atoms with Gasteiger partial charge < -0.3 is 14.9 Å². The monoisotopic (exact) mass is 342 g/mol. The Bertz CT molecular complexity index is 706. The average Bonchev–Trinajstić information content (AvgIpc) is 3.15. The van der Waals surface area contributed by atoms with E-state index >= 15 is 0 Å². The van der Waals surface area contributed by atoms with Crippen LogP contribution in [0.25, 0.3) is 0 Å². The summed E-state index contributed by atoms with van der Waals surface area (Å²) in [5.74, 6) is 0.151. The number of rotatable bonds is 5. The molecule has 1 aliphatic heterocycles. The molecule has 0 saturated carbocycles. The number of phenolic OH excluding ortho intramolecular Hbond substituents is 1. The Labute approximate surface area is 148 Å². The Kier molecular flexibility index (Phi) is 5.38. The van der Waals surface area contributed by atoms with Gasteiger partial charge >= 0.3 is 0 Å². The molecule has 1 aromatic heterocycles. The molecule has 2 heterocycles. The second kappa shape index (κ2) is 7.70.